The number of carboxylic acid groups (broad SMARTS) is 1. The molecule has 20 heavy (non-hydrogen) atoms. The Morgan fingerprint density at radius 2 is 2.10 bits per heavy atom. The number of nitrogens with one attached hydrogen (secondary N) is 2. The van der Waals surface area contributed by atoms with E-state index in [1.165, 1.54) is 0 Å². The lowest BCUT2D eigenvalue weighted by atomic mass is 10.0. The number of aliphatic carboxylic acids is 1. The zero-order valence-electron chi connectivity index (χ0n) is 12.3. The second-order valence-corrected chi connectivity index (χ2v) is 5.26. The van der Waals surface area contributed by atoms with Gasteiger partial charge < -0.3 is 15.7 Å². The highest BCUT2D eigenvalue weighted by atomic mass is 16.4. The van der Waals surface area contributed by atoms with Crippen molar-refractivity contribution in [2.24, 2.45) is 13.0 Å². The van der Waals surface area contributed by atoms with Crippen LogP contribution in [0.2, 0.25) is 0 Å². The minimum atomic E-state index is -1.02. The lowest BCUT2D eigenvalue weighted by molar-refractivity contribution is -0.139. The minimum Gasteiger partial charge on any atom is -0.480 e. The summed E-state index contributed by atoms with van der Waals surface area (Å²) in [6, 6.07) is -1.36. The van der Waals surface area contributed by atoms with E-state index < -0.39 is 18.0 Å². The second-order valence-electron chi connectivity index (χ2n) is 5.26. The molecular formula is C13H22N4O3. The highest BCUT2D eigenvalue weighted by molar-refractivity contribution is 5.82. The van der Waals surface area contributed by atoms with Gasteiger partial charge in [0.15, 0.2) is 0 Å². The normalized spacial score (nSPS) is 12.2. The Bertz CT molecular complexity index is 482. The Morgan fingerprint density at radius 3 is 2.55 bits per heavy atom. The SMILES string of the molecule is Cc1nn(C)cc1CNC(=O)N[C@@H](CC(C)C)C(=O)O. The Kier molecular flexibility index (Phi) is 5.54. The number of hydrogen-bond acceptors (Lipinski definition) is 3. The van der Waals surface area contributed by atoms with E-state index in [9.17, 15) is 9.59 Å². The number of carbonyl (C=O) groups is 2. The molecule has 2 amide bonds. The topological polar surface area (TPSA) is 96.3 Å². The maximum atomic E-state index is 11.7. The number of carbonyl (C=O) groups excluding carboxylic acids is 1. The minimum absolute atomic E-state index is 0.192. The van der Waals surface area contributed by atoms with E-state index in [1.54, 1.807) is 11.7 Å². The zero-order valence-corrected chi connectivity index (χ0v) is 12.3. The van der Waals surface area contributed by atoms with Crippen molar-refractivity contribution < 1.29 is 14.7 Å². The number of urea groups is 1. The van der Waals surface area contributed by atoms with Gasteiger partial charge >= 0.3 is 12.0 Å². The van der Waals surface area contributed by atoms with Gasteiger partial charge in [-0.25, -0.2) is 9.59 Å². The van der Waals surface area contributed by atoms with Gasteiger partial charge in [0, 0.05) is 25.4 Å². The smallest absolute Gasteiger partial charge is 0.326 e. The number of aromatic nitrogens is 2. The summed E-state index contributed by atoms with van der Waals surface area (Å²) in [7, 11) is 1.81. The van der Waals surface area contributed by atoms with Crippen LogP contribution >= 0.6 is 0 Å². The van der Waals surface area contributed by atoms with Gasteiger partial charge in [-0.2, -0.15) is 5.10 Å². The van der Waals surface area contributed by atoms with E-state index in [-0.39, 0.29) is 5.92 Å². The van der Waals surface area contributed by atoms with Crippen LogP contribution in [0.25, 0.3) is 0 Å². The van der Waals surface area contributed by atoms with Gasteiger partial charge in [0.1, 0.15) is 6.04 Å². The number of aryl methyl sites for hydroxylation is 2. The molecular weight excluding hydrogens is 260 g/mol. The molecule has 112 valence electrons. The van der Waals surface area contributed by atoms with Crippen LogP contribution in [0.15, 0.2) is 6.20 Å². The van der Waals surface area contributed by atoms with Crippen molar-refractivity contribution in [2.45, 2.75) is 39.8 Å². The van der Waals surface area contributed by atoms with Crippen LogP contribution in [0.1, 0.15) is 31.5 Å². The maximum Gasteiger partial charge on any atom is 0.326 e. The van der Waals surface area contributed by atoms with Crippen molar-refractivity contribution in [3.63, 3.8) is 0 Å². The van der Waals surface area contributed by atoms with Gasteiger partial charge in [-0.15, -0.1) is 0 Å². The van der Waals surface area contributed by atoms with E-state index in [4.69, 9.17) is 5.11 Å². The Labute approximate surface area is 118 Å². The van der Waals surface area contributed by atoms with Crippen LogP contribution in [-0.2, 0) is 18.4 Å². The molecule has 0 aromatic carbocycles. The van der Waals surface area contributed by atoms with E-state index in [0.717, 1.165) is 11.3 Å². The standard InChI is InChI=1S/C13H22N4O3/c1-8(2)5-11(12(18)19)15-13(20)14-6-10-7-17(4)16-9(10)3/h7-8,11H,5-6H2,1-4H3,(H,18,19)(H2,14,15,20)/t11-/m0/s1. The molecule has 0 fully saturated rings. The summed E-state index contributed by atoms with van der Waals surface area (Å²) in [5.74, 6) is -0.830. The lowest BCUT2D eigenvalue weighted by Crippen LogP contribution is -2.46. The molecule has 0 aliphatic heterocycles. The van der Waals surface area contributed by atoms with Crippen LogP contribution in [0.5, 0.6) is 0 Å². The quantitative estimate of drug-likeness (QED) is 0.726. The third-order valence-corrected chi connectivity index (χ3v) is 2.87. The van der Waals surface area contributed by atoms with Crippen molar-refractivity contribution in [1.29, 1.82) is 0 Å². The molecule has 0 unspecified atom stereocenters. The van der Waals surface area contributed by atoms with Gasteiger partial charge in [-0.05, 0) is 19.3 Å². The zero-order chi connectivity index (χ0) is 15.3. The fraction of sp³-hybridized carbons (Fsp3) is 0.615. The van der Waals surface area contributed by atoms with Crippen molar-refractivity contribution in [1.82, 2.24) is 20.4 Å². The number of nitrogens with zero attached hydrogens (tertiary/aromatic N) is 2. The monoisotopic (exact) mass is 282 g/mol. The molecule has 0 saturated carbocycles. The van der Waals surface area contributed by atoms with Gasteiger partial charge in [0.2, 0.25) is 0 Å². The fourth-order valence-electron chi connectivity index (χ4n) is 1.90. The van der Waals surface area contributed by atoms with Crippen LogP contribution < -0.4 is 10.6 Å². The third-order valence-electron chi connectivity index (χ3n) is 2.87. The summed E-state index contributed by atoms with van der Waals surface area (Å²) in [4.78, 5) is 22.8. The molecule has 1 rings (SSSR count). The van der Waals surface area contributed by atoms with Crippen LogP contribution in [-0.4, -0.2) is 32.9 Å². The van der Waals surface area contributed by atoms with Crippen molar-refractivity contribution >= 4 is 12.0 Å². The summed E-state index contributed by atoms with van der Waals surface area (Å²) in [5.41, 5.74) is 1.74. The number of amides is 2. The fourth-order valence-corrected chi connectivity index (χ4v) is 1.90. The summed E-state index contributed by atoms with van der Waals surface area (Å²) in [6.07, 6.45) is 2.22. The van der Waals surface area contributed by atoms with Crippen LogP contribution in [0, 0.1) is 12.8 Å². The first-order chi connectivity index (χ1) is 9.29. The first-order valence-corrected chi connectivity index (χ1v) is 6.56. The van der Waals surface area contributed by atoms with Gasteiger partial charge in [0.05, 0.1) is 5.69 Å². The molecule has 1 aromatic rings. The second kappa shape index (κ2) is 6.93. The number of rotatable bonds is 6. The van der Waals surface area contributed by atoms with Crippen molar-refractivity contribution in [2.75, 3.05) is 0 Å². The molecule has 1 aromatic heterocycles. The predicted octanol–water partition coefficient (Wildman–Crippen LogP) is 1.03. The molecule has 7 nitrogen and oxygen atoms in total. The average molecular weight is 282 g/mol. The van der Waals surface area contributed by atoms with E-state index in [2.05, 4.69) is 15.7 Å². The maximum absolute atomic E-state index is 11.7. The van der Waals surface area contributed by atoms with Crippen LogP contribution in [0.3, 0.4) is 0 Å². The molecule has 0 aliphatic carbocycles. The Balaban J connectivity index is 2.50. The summed E-state index contributed by atoms with van der Waals surface area (Å²) in [5, 5.41) is 18.3. The molecule has 0 spiro atoms. The first kappa shape index (κ1) is 16.0. The number of hydrogen-bond donors (Lipinski definition) is 3. The molecule has 3 N–H and O–H groups in total. The first-order valence-electron chi connectivity index (χ1n) is 6.56. The lowest BCUT2D eigenvalue weighted by Gasteiger charge is -2.16. The summed E-state index contributed by atoms with van der Waals surface area (Å²) < 4.78 is 1.67. The molecule has 0 bridgehead atoms. The number of carboxylic acids is 1. The van der Waals surface area contributed by atoms with Gasteiger partial charge in [-0.1, -0.05) is 13.8 Å². The molecule has 0 saturated heterocycles. The van der Waals surface area contributed by atoms with Crippen LogP contribution in [0.4, 0.5) is 4.79 Å². The molecule has 0 aliphatic rings. The average Bonchev–Trinajstić information content (AvgIpc) is 2.63. The van der Waals surface area contributed by atoms with Crippen molar-refractivity contribution in [3.05, 3.63) is 17.5 Å². The predicted molar refractivity (Wildman–Crippen MR) is 74.2 cm³/mol. The van der Waals surface area contributed by atoms with E-state index >= 15 is 0 Å². The molecule has 0 radical (unpaired) electrons. The van der Waals surface area contributed by atoms with Crippen molar-refractivity contribution in [3.8, 4) is 0 Å². The molecule has 1 heterocycles. The summed E-state index contributed by atoms with van der Waals surface area (Å²) in [6.45, 7) is 6.00. The van der Waals surface area contributed by atoms with Gasteiger partial charge in [0.25, 0.3) is 0 Å². The van der Waals surface area contributed by atoms with Gasteiger partial charge in [-0.3, -0.25) is 4.68 Å². The van der Waals surface area contributed by atoms with E-state index in [1.807, 2.05) is 27.0 Å². The highest BCUT2D eigenvalue weighted by Crippen LogP contribution is 2.06. The Morgan fingerprint density at radius 1 is 1.45 bits per heavy atom. The summed E-state index contributed by atoms with van der Waals surface area (Å²) >= 11 is 0. The molecule has 7 heteroatoms. The third kappa shape index (κ3) is 4.91. The Hall–Kier alpha value is -2.05. The van der Waals surface area contributed by atoms with E-state index in [0.29, 0.717) is 13.0 Å². The highest BCUT2D eigenvalue weighted by Gasteiger charge is 2.20. The largest absolute Gasteiger partial charge is 0.480 e. The molecule has 1 atom stereocenters.